The van der Waals surface area contributed by atoms with Gasteiger partial charge in [0.2, 0.25) is 11.8 Å². The van der Waals surface area contributed by atoms with E-state index in [9.17, 15) is 9.59 Å². The molecule has 1 aliphatic heterocycles. The third kappa shape index (κ3) is 4.51. The van der Waals surface area contributed by atoms with E-state index in [4.69, 9.17) is 5.73 Å². The van der Waals surface area contributed by atoms with E-state index in [1.54, 1.807) is 6.07 Å². The quantitative estimate of drug-likeness (QED) is 0.870. The second-order valence-electron chi connectivity index (χ2n) is 7.19. The van der Waals surface area contributed by atoms with Crippen molar-refractivity contribution in [3.63, 3.8) is 0 Å². The summed E-state index contributed by atoms with van der Waals surface area (Å²) in [7, 11) is 0. The van der Waals surface area contributed by atoms with Crippen LogP contribution in [0.25, 0.3) is 0 Å². The van der Waals surface area contributed by atoms with Gasteiger partial charge in [0.1, 0.15) is 0 Å². The molecule has 2 aromatic rings. The largest absolute Gasteiger partial charge is 0.366 e. The highest BCUT2D eigenvalue weighted by Gasteiger charge is 2.26. The fourth-order valence-electron chi connectivity index (χ4n) is 3.70. The van der Waals surface area contributed by atoms with Crippen LogP contribution in [-0.4, -0.2) is 29.8 Å². The van der Waals surface area contributed by atoms with Crippen LogP contribution in [0, 0.1) is 12.8 Å². The van der Waals surface area contributed by atoms with Crippen molar-refractivity contribution in [2.75, 3.05) is 13.1 Å². The van der Waals surface area contributed by atoms with Gasteiger partial charge in [0.25, 0.3) is 0 Å². The molecule has 1 heterocycles. The van der Waals surface area contributed by atoms with Crippen molar-refractivity contribution in [3.8, 4) is 0 Å². The highest BCUT2D eigenvalue weighted by atomic mass is 16.2. The zero-order valence-electron chi connectivity index (χ0n) is 15.3. The van der Waals surface area contributed by atoms with Crippen LogP contribution in [0.2, 0.25) is 0 Å². The Morgan fingerprint density at radius 3 is 2.73 bits per heavy atom. The topological polar surface area (TPSA) is 63.4 Å². The molecule has 1 aliphatic rings. The third-order valence-electron chi connectivity index (χ3n) is 5.24. The molecule has 1 fully saturated rings. The molecule has 2 aromatic carbocycles. The Labute approximate surface area is 155 Å². The lowest BCUT2D eigenvalue weighted by Gasteiger charge is -2.17. The smallest absolute Gasteiger partial charge is 0.248 e. The van der Waals surface area contributed by atoms with Gasteiger partial charge in [0, 0.05) is 25.1 Å². The van der Waals surface area contributed by atoms with Crippen molar-refractivity contribution in [2.45, 2.75) is 32.6 Å². The van der Waals surface area contributed by atoms with Crippen LogP contribution >= 0.6 is 0 Å². The Bertz CT molecular complexity index is 800. The van der Waals surface area contributed by atoms with Crippen molar-refractivity contribution < 1.29 is 9.59 Å². The molecule has 0 saturated carbocycles. The van der Waals surface area contributed by atoms with E-state index in [1.165, 1.54) is 11.1 Å². The second kappa shape index (κ2) is 8.17. The van der Waals surface area contributed by atoms with Crippen LogP contribution in [0.3, 0.4) is 0 Å². The van der Waals surface area contributed by atoms with Crippen molar-refractivity contribution >= 4 is 11.8 Å². The maximum Gasteiger partial charge on any atom is 0.248 e. The fourth-order valence-corrected chi connectivity index (χ4v) is 3.70. The van der Waals surface area contributed by atoms with E-state index >= 15 is 0 Å². The minimum absolute atomic E-state index is 0.238. The van der Waals surface area contributed by atoms with Crippen LogP contribution in [0.15, 0.2) is 48.5 Å². The number of primary amides is 1. The number of aryl methyl sites for hydroxylation is 2. The first-order valence-corrected chi connectivity index (χ1v) is 9.24. The SMILES string of the molecule is Cc1ccccc1CCC(=O)N1CCC(Cc2cccc(C(N)=O)c2)C1. The monoisotopic (exact) mass is 350 g/mol. The number of rotatable bonds is 6. The number of nitrogens with two attached hydrogens (primary N) is 1. The number of hydrogen-bond donors (Lipinski definition) is 1. The number of carbonyl (C=O) groups excluding carboxylic acids is 2. The first-order chi connectivity index (χ1) is 12.5. The summed E-state index contributed by atoms with van der Waals surface area (Å²) in [6.07, 6.45) is 3.25. The van der Waals surface area contributed by atoms with E-state index in [-0.39, 0.29) is 5.91 Å². The normalized spacial score (nSPS) is 16.7. The molecular formula is C22H26N2O2. The molecule has 4 nitrogen and oxygen atoms in total. The maximum absolute atomic E-state index is 12.5. The van der Waals surface area contributed by atoms with Crippen LogP contribution in [0.4, 0.5) is 0 Å². The highest BCUT2D eigenvalue weighted by molar-refractivity contribution is 5.92. The first-order valence-electron chi connectivity index (χ1n) is 9.24. The van der Waals surface area contributed by atoms with Gasteiger partial charge in [0.15, 0.2) is 0 Å². The van der Waals surface area contributed by atoms with Gasteiger partial charge in [-0.15, -0.1) is 0 Å². The molecule has 0 bridgehead atoms. The highest BCUT2D eigenvalue weighted by Crippen LogP contribution is 2.22. The average molecular weight is 350 g/mol. The standard InChI is InChI=1S/C22H26N2O2/c1-16-5-2-3-7-19(16)9-10-21(25)24-12-11-18(15-24)13-17-6-4-8-20(14-17)22(23)26/h2-8,14,18H,9-13,15H2,1H3,(H2,23,26). The second-order valence-corrected chi connectivity index (χ2v) is 7.19. The van der Waals surface area contributed by atoms with E-state index in [0.717, 1.165) is 37.9 Å². The van der Waals surface area contributed by atoms with Crippen molar-refractivity contribution in [3.05, 3.63) is 70.8 Å². The molecule has 1 saturated heterocycles. The van der Waals surface area contributed by atoms with Crippen LogP contribution in [0.5, 0.6) is 0 Å². The van der Waals surface area contributed by atoms with Gasteiger partial charge in [0.05, 0.1) is 0 Å². The molecule has 0 aromatic heterocycles. The Morgan fingerprint density at radius 2 is 1.96 bits per heavy atom. The predicted molar refractivity (Wildman–Crippen MR) is 103 cm³/mol. The van der Waals surface area contributed by atoms with Crippen LogP contribution in [0.1, 0.15) is 39.9 Å². The Hall–Kier alpha value is -2.62. The van der Waals surface area contributed by atoms with Crippen molar-refractivity contribution in [1.29, 1.82) is 0 Å². The zero-order valence-corrected chi connectivity index (χ0v) is 15.3. The molecule has 3 rings (SSSR count). The summed E-state index contributed by atoms with van der Waals surface area (Å²) in [5, 5.41) is 0. The molecule has 0 radical (unpaired) electrons. The number of likely N-dealkylation sites (tertiary alicyclic amines) is 1. The summed E-state index contributed by atoms with van der Waals surface area (Å²) < 4.78 is 0. The summed E-state index contributed by atoms with van der Waals surface area (Å²) in [6.45, 7) is 3.71. The lowest BCUT2D eigenvalue weighted by atomic mass is 9.97. The van der Waals surface area contributed by atoms with E-state index in [0.29, 0.717) is 17.9 Å². The molecule has 0 spiro atoms. The van der Waals surface area contributed by atoms with Crippen LogP contribution < -0.4 is 5.73 Å². The lowest BCUT2D eigenvalue weighted by molar-refractivity contribution is -0.130. The molecule has 1 atom stereocenters. The number of hydrogen-bond acceptors (Lipinski definition) is 2. The number of carbonyl (C=O) groups is 2. The molecule has 0 aliphatic carbocycles. The molecule has 136 valence electrons. The fraction of sp³-hybridized carbons (Fsp3) is 0.364. The van der Waals surface area contributed by atoms with Gasteiger partial charge < -0.3 is 10.6 Å². The molecule has 1 unspecified atom stereocenters. The number of benzene rings is 2. The summed E-state index contributed by atoms with van der Waals surface area (Å²) in [5.74, 6) is 0.286. The minimum atomic E-state index is -0.397. The van der Waals surface area contributed by atoms with Gasteiger partial charge in [-0.3, -0.25) is 9.59 Å². The van der Waals surface area contributed by atoms with Gasteiger partial charge in [-0.1, -0.05) is 36.4 Å². The molecule has 26 heavy (non-hydrogen) atoms. The molecule has 2 N–H and O–H groups in total. The van der Waals surface area contributed by atoms with E-state index < -0.39 is 5.91 Å². The van der Waals surface area contributed by atoms with E-state index in [1.807, 2.05) is 35.2 Å². The predicted octanol–water partition coefficient (Wildman–Crippen LogP) is 3.12. The molecular weight excluding hydrogens is 324 g/mol. The number of amides is 2. The van der Waals surface area contributed by atoms with Gasteiger partial charge >= 0.3 is 0 Å². The maximum atomic E-state index is 12.5. The van der Waals surface area contributed by atoms with Gasteiger partial charge in [-0.25, -0.2) is 0 Å². The molecule has 4 heteroatoms. The Kier molecular flexibility index (Phi) is 5.71. The van der Waals surface area contributed by atoms with Gasteiger partial charge in [-0.2, -0.15) is 0 Å². The summed E-state index contributed by atoms with van der Waals surface area (Å²) in [5.41, 5.74) is 9.51. The summed E-state index contributed by atoms with van der Waals surface area (Å²) in [6, 6.07) is 15.7. The Balaban J connectivity index is 1.52. The first kappa shape index (κ1) is 18.2. The lowest BCUT2D eigenvalue weighted by Crippen LogP contribution is -2.29. The van der Waals surface area contributed by atoms with E-state index in [2.05, 4.69) is 19.1 Å². The number of nitrogens with zero attached hydrogens (tertiary/aromatic N) is 1. The third-order valence-corrected chi connectivity index (χ3v) is 5.24. The summed E-state index contributed by atoms with van der Waals surface area (Å²) in [4.78, 5) is 25.8. The Morgan fingerprint density at radius 1 is 1.15 bits per heavy atom. The summed E-state index contributed by atoms with van der Waals surface area (Å²) >= 11 is 0. The van der Waals surface area contributed by atoms with Crippen molar-refractivity contribution in [2.24, 2.45) is 11.7 Å². The minimum Gasteiger partial charge on any atom is -0.366 e. The van der Waals surface area contributed by atoms with Gasteiger partial charge in [-0.05, 0) is 60.9 Å². The molecule has 2 amide bonds. The average Bonchev–Trinajstić information content (AvgIpc) is 3.09. The zero-order chi connectivity index (χ0) is 18.5. The van der Waals surface area contributed by atoms with Crippen LogP contribution in [-0.2, 0) is 17.6 Å². The van der Waals surface area contributed by atoms with Crippen molar-refractivity contribution in [1.82, 2.24) is 4.90 Å².